The number of ether oxygens (including phenoxy) is 3. The minimum absolute atomic E-state index is 0.0336. The van der Waals surface area contributed by atoms with Crippen molar-refractivity contribution in [2.24, 2.45) is 0 Å². The smallest absolute Gasteiger partial charge is 0.408 e. The van der Waals surface area contributed by atoms with E-state index in [4.69, 9.17) is 14.2 Å². The molecule has 3 aliphatic rings. The molecule has 3 heterocycles. The number of amides is 4. The fourth-order valence-corrected chi connectivity index (χ4v) is 6.45. The van der Waals surface area contributed by atoms with Gasteiger partial charge in [-0.2, -0.15) is 0 Å². The number of alkyl carbamates (subject to hydrolysis) is 1. The van der Waals surface area contributed by atoms with E-state index >= 15 is 0 Å². The molecule has 6 rings (SSSR count). The Hall–Kier alpha value is -4.33. The molecule has 2 aromatic carbocycles. The monoisotopic (exact) mass is 661 g/mol. The van der Waals surface area contributed by atoms with Crippen LogP contribution >= 0.6 is 11.3 Å². The lowest BCUT2D eigenvalue weighted by atomic mass is 9.98. The Morgan fingerprint density at radius 3 is 2.38 bits per heavy atom. The molecule has 13 heteroatoms. The van der Waals surface area contributed by atoms with Crippen LogP contribution in [0.25, 0.3) is 11.3 Å². The molecule has 2 aliphatic heterocycles. The van der Waals surface area contributed by atoms with Crippen LogP contribution in [0, 0.1) is 0 Å². The molecule has 0 bridgehead atoms. The molecule has 248 valence electrons. The van der Waals surface area contributed by atoms with E-state index in [9.17, 15) is 19.2 Å². The van der Waals surface area contributed by atoms with Gasteiger partial charge in [-0.25, -0.2) is 9.78 Å². The van der Waals surface area contributed by atoms with Crippen LogP contribution in [-0.4, -0.2) is 76.9 Å². The summed E-state index contributed by atoms with van der Waals surface area (Å²) in [6.45, 7) is 5.89. The van der Waals surface area contributed by atoms with Crippen molar-refractivity contribution in [3.05, 3.63) is 71.1 Å². The van der Waals surface area contributed by atoms with E-state index < -0.39 is 41.3 Å². The molecule has 2 saturated heterocycles. The lowest BCUT2D eigenvalue weighted by Crippen LogP contribution is -2.59. The first-order valence-electron chi connectivity index (χ1n) is 15.8. The number of hydrogen-bond acceptors (Lipinski definition) is 9. The van der Waals surface area contributed by atoms with E-state index in [-0.39, 0.29) is 18.6 Å². The lowest BCUT2D eigenvalue weighted by molar-refractivity contribution is -0.172. The third-order valence-corrected chi connectivity index (χ3v) is 8.96. The Labute approximate surface area is 277 Å². The van der Waals surface area contributed by atoms with E-state index in [2.05, 4.69) is 20.9 Å². The fourth-order valence-electron chi connectivity index (χ4n) is 5.72. The molecule has 1 saturated carbocycles. The van der Waals surface area contributed by atoms with Gasteiger partial charge in [0.2, 0.25) is 0 Å². The highest BCUT2D eigenvalue weighted by Crippen LogP contribution is 2.39. The molecule has 3 fully saturated rings. The summed E-state index contributed by atoms with van der Waals surface area (Å²) in [5.41, 5.74) is 0.688. The van der Waals surface area contributed by atoms with Crippen molar-refractivity contribution >= 4 is 40.3 Å². The SMILES string of the molecule is CC(C)(C)OC(=O)N[C@@H](C(=O)N1[C@H](C(=O)Nc2nc(-c3ccc(C(=O)NC4CC4)cc3)cs2)COC12CCOCC2)c1ccccc1. The zero-order chi connectivity index (χ0) is 33.2. The zero-order valence-corrected chi connectivity index (χ0v) is 27.4. The molecule has 1 aliphatic carbocycles. The molecule has 12 nitrogen and oxygen atoms in total. The number of hydrogen-bond donors (Lipinski definition) is 3. The van der Waals surface area contributed by atoms with Crippen LogP contribution in [-0.2, 0) is 23.8 Å². The first-order chi connectivity index (χ1) is 22.5. The van der Waals surface area contributed by atoms with Crippen molar-refractivity contribution in [1.29, 1.82) is 0 Å². The number of carbonyl (C=O) groups excluding carboxylic acids is 4. The highest BCUT2D eigenvalue weighted by Gasteiger charge is 2.55. The Morgan fingerprint density at radius 1 is 1.02 bits per heavy atom. The average Bonchev–Trinajstić information content (AvgIpc) is 3.62. The number of anilines is 1. The number of aromatic nitrogens is 1. The molecule has 0 unspecified atom stereocenters. The topological polar surface area (TPSA) is 148 Å². The summed E-state index contributed by atoms with van der Waals surface area (Å²) in [6.07, 6.45) is 2.01. The van der Waals surface area contributed by atoms with E-state index in [1.165, 1.54) is 16.2 Å². The van der Waals surface area contributed by atoms with Crippen molar-refractivity contribution in [3.8, 4) is 11.3 Å². The Morgan fingerprint density at radius 2 is 1.72 bits per heavy atom. The number of benzene rings is 2. The van der Waals surface area contributed by atoms with E-state index in [0.29, 0.717) is 48.0 Å². The fraction of sp³-hybridized carbons (Fsp3) is 0.441. The van der Waals surface area contributed by atoms with Crippen molar-refractivity contribution in [2.45, 2.75) is 75.9 Å². The molecule has 1 spiro atoms. The van der Waals surface area contributed by atoms with Gasteiger partial charge in [0.25, 0.3) is 17.7 Å². The highest BCUT2D eigenvalue weighted by molar-refractivity contribution is 7.14. The molecule has 4 amide bonds. The molecule has 47 heavy (non-hydrogen) atoms. The van der Waals surface area contributed by atoms with Crippen molar-refractivity contribution in [1.82, 2.24) is 20.5 Å². The second-order valence-corrected chi connectivity index (χ2v) is 13.8. The van der Waals surface area contributed by atoms with Gasteiger partial charge >= 0.3 is 6.09 Å². The molecular weight excluding hydrogens is 622 g/mol. The first kappa shape index (κ1) is 32.6. The van der Waals surface area contributed by atoms with Crippen LogP contribution in [0.3, 0.4) is 0 Å². The number of thiazole rings is 1. The summed E-state index contributed by atoms with van der Waals surface area (Å²) in [4.78, 5) is 59.8. The molecule has 1 aromatic heterocycles. The number of carbonyl (C=O) groups is 4. The predicted octanol–water partition coefficient (Wildman–Crippen LogP) is 4.64. The second kappa shape index (κ2) is 13.4. The summed E-state index contributed by atoms with van der Waals surface area (Å²) in [7, 11) is 0. The van der Waals surface area contributed by atoms with Crippen LogP contribution in [0.4, 0.5) is 9.93 Å². The van der Waals surface area contributed by atoms with Gasteiger partial charge in [-0.15, -0.1) is 11.3 Å². The Bertz CT molecular complexity index is 1610. The Balaban J connectivity index is 1.22. The van der Waals surface area contributed by atoms with Gasteiger partial charge in [-0.1, -0.05) is 42.5 Å². The van der Waals surface area contributed by atoms with Crippen LogP contribution in [0.5, 0.6) is 0 Å². The van der Waals surface area contributed by atoms with Gasteiger partial charge in [-0.3, -0.25) is 19.3 Å². The van der Waals surface area contributed by atoms with E-state index in [1.807, 2.05) is 23.6 Å². The quantitative estimate of drug-likeness (QED) is 0.316. The maximum absolute atomic E-state index is 14.5. The van der Waals surface area contributed by atoms with Crippen molar-refractivity contribution in [2.75, 3.05) is 25.1 Å². The summed E-state index contributed by atoms with van der Waals surface area (Å²) in [5.74, 6) is -1.05. The minimum Gasteiger partial charge on any atom is -0.444 e. The van der Waals surface area contributed by atoms with Crippen LogP contribution < -0.4 is 16.0 Å². The number of rotatable bonds is 8. The average molecular weight is 662 g/mol. The Kier molecular flexibility index (Phi) is 9.31. The summed E-state index contributed by atoms with van der Waals surface area (Å²) >= 11 is 1.25. The van der Waals surface area contributed by atoms with Crippen LogP contribution in [0.1, 0.15) is 68.4 Å². The lowest BCUT2D eigenvalue weighted by Gasteiger charge is -2.42. The van der Waals surface area contributed by atoms with Gasteiger partial charge in [0.15, 0.2) is 5.13 Å². The van der Waals surface area contributed by atoms with Gasteiger partial charge in [0, 0.05) is 35.4 Å². The second-order valence-electron chi connectivity index (χ2n) is 12.9. The largest absolute Gasteiger partial charge is 0.444 e. The first-order valence-corrected chi connectivity index (χ1v) is 16.7. The van der Waals surface area contributed by atoms with Crippen LogP contribution in [0.2, 0.25) is 0 Å². The number of nitrogens with zero attached hydrogens (tertiary/aromatic N) is 2. The van der Waals surface area contributed by atoms with Gasteiger partial charge < -0.3 is 30.2 Å². The van der Waals surface area contributed by atoms with Gasteiger partial charge in [0.1, 0.15) is 23.4 Å². The van der Waals surface area contributed by atoms with Crippen LogP contribution in [0.15, 0.2) is 60.0 Å². The van der Waals surface area contributed by atoms with Gasteiger partial charge in [-0.05, 0) is 51.3 Å². The highest BCUT2D eigenvalue weighted by atomic mass is 32.1. The summed E-state index contributed by atoms with van der Waals surface area (Å²) < 4.78 is 17.3. The normalized spacial score (nSPS) is 19.6. The molecular formula is C34H39N5O7S. The maximum Gasteiger partial charge on any atom is 0.408 e. The third-order valence-electron chi connectivity index (χ3n) is 8.21. The number of nitrogens with one attached hydrogen (secondary N) is 3. The zero-order valence-electron chi connectivity index (χ0n) is 26.6. The minimum atomic E-state index is -1.14. The van der Waals surface area contributed by atoms with E-state index in [1.54, 1.807) is 57.2 Å². The predicted molar refractivity (Wildman–Crippen MR) is 175 cm³/mol. The van der Waals surface area contributed by atoms with Crippen molar-refractivity contribution < 1.29 is 33.4 Å². The van der Waals surface area contributed by atoms with E-state index in [0.717, 1.165) is 18.4 Å². The molecule has 3 aromatic rings. The standard InChI is InChI=1S/C34H39N5O7S/c1-33(2,3)46-32(43)37-27(22-7-5-4-6-8-22)30(42)39-26(19-45-34(39)15-17-44-18-16-34)29(41)38-31-36-25(20-47-31)21-9-11-23(12-10-21)28(40)35-24-13-14-24/h4-12,20,24,26-27H,13-19H2,1-3H3,(H,35,40)(H,37,43)(H,36,38,41)/t26-,27+/m0/s1. The summed E-state index contributed by atoms with van der Waals surface area (Å²) in [5, 5.41) is 10.8. The molecule has 3 N–H and O–H groups in total. The van der Waals surface area contributed by atoms with Crippen molar-refractivity contribution in [3.63, 3.8) is 0 Å². The molecule has 2 atom stereocenters. The maximum atomic E-state index is 14.5. The third kappa shape index (κ3) is 7.64. The molecule has 0 radical (unpaired) electrons. The van der Waals surface area contributed by atoms with Gasteiger partial charge in [0.05, 0.1) is 25.5 Å². The summed E-state index contributed by atoms with van der Waals surface area (Å²) in [6, 6.07) is 14.2.